The average molecular weight is 193 g/mol. The lowest BCUT2D eigenvalue weighted by Crippen LogP contribution is -2.30. The van der Waals surface area contributed by atoms with Crippen LogP contribution in [0.25, 0.3) is 0 Å². The first-order valence-corrected chi connectivity index (χ1v) is 5.29. The molecule has 0 N–H and O–H groups in total. The lowest BCUT2D eigenvalue weighted by Gasteiger charge is -2.30. The first-order chi connectivity index (χ1) is 6.79. The van der Waals surface area contributed by atoms with E-state index in [9.17, 15) is 4.39 Å². The first kappa shape index (κ1) is 9.50. The van der Waals surface area contributed by atoms with Crippen molar-refractivity contribution in [1.82, 2.24) is 0 Å². The summed E-state index contributed by atoms with van der Waals surface area (Å²) in [5, 5.41) is 0. The van der Waals surface area contributed by atoms with Gasteiger partial charge in [0.15, 0.2) is 0 Å². The van der Waals surface area contributed by atoms with Crippen molar-refractivity contribution in [3.63, 3.8) is 0 Å². The molecule has 76 valence electrons. The van der Waals surface area contributed by atoms with Crippen molar-refractivity contribution in [2.24, 2.45) is 0 Å². The number of hydrogen-bond acceptors (Lipinski definition) is 1. The van der Waals surface area contributed by atoms with Crippen LogP contribution in [0.5, 0.6) is 0 Å². The van der Waals surface area contributed by atoms with Gasteiger partial charge in [-0.1, -0.05) is 12.1 Å². The SMILES string of the molecule is Cc1cccc(F)c1N1CCCCC1. The maximum atomic E-state index is 13.6. The molecule has 1 saturated heterocycles. The zero-order chi connectivity index (χ0) is 9.97. The van der Waals surface area contributed by atoms with E-state index in [-0.39, 0.29) is 5.82 Å². The second-order valence-electron chi connectivity index (χ2n) is 3.95. The minimum Gasteiger partial charge on any atom is -0.369 e. The lowest BCUT2D eigenvalue weighted by molar-refractivity contribution is 0.555. The normalized spacial score (nSPS) is 17.1. The van der Waals surface area contributed by atoms with Gasteiger partial charge in [0.05, 0.1) is 5.69 Å². The second kappa shape index (κ2) is 3.99. The van der Waals surface area contributed by atoms with Gasteiger partial charge in [-0.15, -0.1) is 0 Å². The van der Waals surface area contributed by atoms with Gasteiger partial charge in [0.2, 0.25) is 0 Å². The Morgan fingerprint density at radius 1 is 1.14 bits per heavy atom. The van der Waals surface area contributed by atoms with Gasteiger partial charge in [-0.25, -0.2) is 4.39 Å². The van der Waals surface area contributed by atoms with Crippen molar-refractivity contribution in [1.29, 1.82) is 0 Å². The topological polar surface area (TPSA) is 3.24 Å². The summed E-state index contributed by atoms with van der Waals surface area (Å²) in [5.41, 5.74) is 1.86. The summed E-state index contributed by atoms with van der Waals surface area (Å²) in [4.78, 5) is 2.17. The van der Waals surface area contributed by atoms with Crippen LogP contribution < -0.4 is 4.90 Å². The number of para-hydroxylation sites is 1. The second-order valence-corrected chi connectivity index (χ2v) is 3.95. The zero-order valence-electron chi connectivity index (χ0n) is 8.59. The van der Waals surface area contributed by atoms with E-state index < -0.39 is 0 Å². The van der Waals surface area contributed by atoms with Crippen LogP contribution >= 0.6 is 0 Å². The number of nitrogens with zero attached hydrogens (tertiary/aromatic N) is 1. The number of benzene rings is 1. The summed E-state index contributed by atoms with van der Waals surface area (Å²) < 4.78 is 13.6. The van der Waals surface area contributed by atoms with E-state index in [4.69, 9.17) is 0 Å². The molecule has 0 aliphatic carbocycles. The van der Waals surface area contributed by atoms with Crippen LogP contribution in [0.4, 0.5) is 10.1 Å². The predicted molar refractivity (Wildman–Crippen MR) is 57.2 cm³/mol. The van der Waals surface area contributed by atoms with Crippen molar-refractivity contribution in [3.05, 3.63) is 29.6 Å². The number of rotatable bonds is 1. The average Bonchev–Trinajstić information content (AvgIpc) is 2.19. The molecule has 1 fully saturated rings. The molecule has 2 rings (SSSR count). The first-order valence-electron chi connectivity index (χ1n) is 5.29. The molecule has 0 atom stereocenters. The summed E-state index contributed by atoms with van der Waals surface area (Å²) in [6, 6.07) is 5.31. The van der Waals surface area contributed by atoms with Gasteiger partial charge in [0, 0.05) is 13.1 Å². The summed E-state index contributed by atoms with van der Waals surface area (Å²) in [5.74, 6) is -0.0769. The van der Waals surface area contributed by atoms with Gasteiger partial charge in [0.25, 0.3) is 0 Å². The molecule has 0 spiro atoms. The van der Waals surface area contributed by atoms with Crippen LogP contribution in [0.3, 0.4) is 0 Å². The summed E-state index contributed by atoms with van der Waals surface area (Å²) >= 11 is 0. The Hall–Kier alpha value is -1.05. The molecule has 1 aliphatic rings. The molecular weight excluding hydrogens is 177 g/mol. The van der Waals surface area contributed by atoms with Crippen LogP contribution in [0.2, 0.25) is 0 Å². The highest BCUT2D eigenvalue weighted by molar-refractivity contribution is 5.54. The van der Waals surface area contributed by atoms with E-state index in [0.29, 0.717) is 0 Å². The maximum absolute atomic E-state index is 13.6. The minimum atomic E-state index is -0.0769. The zero-order valence-corrected chi connectivity index (χ0v) is 8.59. The predicted octanol–water partition coefficient (Wildman–Crippen LogP) is 3.12. The van der Waals surface area contributed by atoms with Crippen molar-refractivity contribution in [2.45, 2.75) is 26.2 Å². The highest BCUT2D eigenvalue weighted by Crippen LogP contribution is 2.26. The summed E-state index contributed by atoms with van der Waals surface area (Å²) in [6.45, 7) is 3.98. The maximum Gasteiger partial charge on any atom is 0.146 e. The molecular formula is C12H16FN. The Morgan fingerprint density at radius 2 is 1.86 bits per heavy atom. The Labute approximate surface area is 84.5 Å². The lowest BCUT2D eigenvalue weighted by atomic mass is 10.1. The Bertz CT molecular complexity index is 296. The molecule has 2 heteroatoms. The number of anilines is 1. The van der Waals surface area contributed by atoms with E-state index in [1.165, 1.54) is 19.3 Å². The molecule has 1 aromatic carbocycles. The van der Waals surface area contributed by atoms with E-state index >= 15 is 0 Å². The van der Waals surface area contributed by atoms with Gasteiger partial charge in [0.1, 0.15) is 5.82 Å². The minimum absolute atomic E-state index is 0.0769. The summed E-state index contributed by atoms with van der Waals surface area (Å²) in [6.07, 6.45) is 3.66. The highest BCUT2D eigenvalue weighted by atomic mass is 19.1. The van der Waals surface area contributed by atoms with Crippen LogP contribution in [-0.4, -0.2) is 13.1 Å². The van der Waals surface area contributed by atoms with Gasteiger partial charge < -0.3 is 4.90 Å². The molecule has 0 radical (unpaired) electrons. The Morgan fingerprint density at radius 3 is 2.50 bits per heavy atom. The Kier molecular flexibility index (Phi) is 2.71. The van der Waals surface area contributed by atoms with Crippen molar-refractivity contribution in [2.75, 3.05) is 18.0 Å². The molecule has 0 unspecified atom stereocenters. The largest absolute Gasteiger partial charge is 0.369 e. The number of piperidine rings is 1. The van der Waals surface area contributed by atoms with E-state index in [1.807, 2.05) is 13.0 Å². The molecule has 14 heavy (non-hydrogen) atoms. The van der Waals surface area contributed by atoms with Crippen molar-refractivity contribution >= 4 is 5.69 Å². The Balaban J connectivity index is 2.29. The molecule has 1 heterocycles. The van der Waals surface area contributed by atoms with Gasteiger partial charge in [-0.3, -0.25) is 0 Å². The third kappa shape index (κ3) is 1.74. The van der Waals surface area contributed by atoms with Crippen LogP contribution in [0.15, 0.2) is 18.2 Å². The van der Waals surface area contributed by atoms with E-state index in [0.717, 1.165) is 24.3 Å². The molecule has 0 aromatic heterocycles. The van der Waals surface area contributed by atoms with Crippen molar-refractivity contribution < 1.29 is 4.39 Å². The van der Waals surface area contributed by atoms with Crippen LogP contribution in [0, 0.1) is 12.7 Å². The van der Waals surface area contributed by atoms with E-state index in [2.05, 4.69) is 4.90 Å². The quantitative estimate of drug-likeness (QED) is 0.662. The molecule has 1 aromatic rings. The summed E-state index contributed by atoms with van der Waals surface area (Å²) in [7, 11) is 0. The monoisotopic (exact) mass is 193 g/mol. The number of hydrogen-bond donors (Lipinski definition) is 0. The smallest absolute Gasteiger partial charge is 0.146 e. The van der Waals surface area contributed by atoms with Crippen LogP contribution in [-0.2, 0) is 0 Å². The van der Waals surface area contributed by atoms with Crippen molar-refractivity contribution in [3.8, 4) is 0 Å². The molecule has 0 bridgehead atoms. The van der Waals surface area contributed by atoms with E-state index in [1.54, 1.807) is 12.1 Å². The van der Waals surface area contributed by atoms with Gasteiger partial charge >= 0.3 is 0 Å². The highest BCUT2D eigenvalue weighted by Gasteiger charge is 2.15. The fourth-order valence-corrected chi connectivity index (χ4v) is 2.14. The molecule has 0 amide bonds. The fraction of sp³-hybridized carbons (Fsp3) is 0.500. The molecule has 1 aliphatic heterocycles. The standard InChI is InChI=1S/C12H16FN/c1-10-6-5-7-11(13)12(10)14-8-3-2-4-9-14/h5-7H,2-4,8-9H2,1H3. The van der Waals surface area contributed by atoms with Gasteiger partial charge in [-0.05, 0) is 37.8 Å². The third-order valence-electron chi connectivity index (χ3n) is 2.86. The number of halogens is 1. The fourth-order valence-electron chi connectivity index (χ4n) is 2.14. The van der Waals surface area contributed by atoms with Gasteiger partial charge in [-0.2, -0.15) is 0 Å². The molecule has 1 nitrogen and oxygen atoms in total. The number of aryl methyl sites for hydroxylation is 1. The molecule has 0 saturated carbocycles. The third-order valence-corrected chi connectivity index (χ3v) is 2.86. The van der Waals surface area contributed by atoms with Crippen LogP contribution in [0.1, 0.15) is 24.8 Å².